The number of hydrogen-bond acceptors (Lipinski definition) is 3. The fourth-order valence-corrected chi connectivity index (χ4v) is 2.47. The third-order valence-corrected chi connectivity index (χ3v) is 3.31. The van der Waals surface area contributed by atoms with Crippen LogP contribution in [0.5, 0.6) is 0 Å². The topological polar surface area (TPSA) is 106 Å². The molecule has 0 radical (unpaired) electrons. The Bertz CT molecular complexity index is 377. The van der Waals surface area contributed by atoms with Gasteiger partial charge in [-0.3, -0.25) is 9.80 Å². The number of carbonyl (C=O) groups excluding carboxylic acids is 3. The number of carbonyl (C=O) groups is 3. The Morgan fingerprint density at radius 2 is 1.28 bits per heavy atom. The monoisotopic (exact) mass is 254 g/mol. The number of amides is 6. The molecular formula is C9H14N6O3. The number of rotatable bonds is 2. The van der Waals surface area contributed by atoms with E-state index in [9.17, 15) is 14.4 Å². The van der Waals surface area contributed by atoms with Crippen molar-refractivity contribution in [2.45, 2.75) is 12.3 Å². The molecule has 0 aromatic rings. The van der Waals surface area contributed by atoms with Crippen LogP contribution in [-0.4, -0.2) is 66.4 Å². The number of hydrogen-bond donors (Lipinski definition) is 4. The first-order valence-electron chi connectivity index (χ1n) is 5.83. The highest BCUT2D eigenvalue weighted by molar-refractivity contribution is 5.83. The maximum absolute atomic E-state index is 11.6. The Hall–Kier alpha value is -2.19. The molecule has 4 N–H and O–H groups in total. The van der Waals surface area contributed by atoms with Crippen molar-refractivity contribution in [3.63, 3.8) is 0 Å². The van der Waals surface area contributed by atoms with Crippen molar-refractivity contribution in [1.82, 2.24) is 31.1 Å². The summed E-state index contributed by atoms with van der Waals surface area (Å²) in [5, 5.41) is 10.7. The predicted molar refractivity (Wildman–Crippen MR) is 59.5 cm³/mol. The van der Waals surface area contributed by atoms with Crippen LogP contribution in [0.25, 0.3) is 0 Å². The first-order valence-corrected chi connectivity index (χ1v) is 5.83. The minimum Gasteiger partial charge on any atom is -0.336 e. The van der Waals surface area contributed by atoms with E-state index in [1.807, 2.05) is 0 Å². The van der Waals surface area contributed by atoms with Crippen LogP contribution in [0.4, 0.5) is 14.4 Å². The first kappa shape index (κ1) is 10.9. The van der Waals surface area contributed by atoms with E-state index in [-0.39, 0.29) is 18.1 Å². The van der Waals surface area contributed by atoms with E-state index in [1.54, 1.807) is 0 Å². The van der Waals surface area contributed by atoms with Crippen molar-refractivity contribution in [1.29, 1.82) is 0 Å². The highest BCUT2D eigenvalue weighted by Crippen LogP contribution is 2.15. The lowest BCUT2D eigenvalue weighted by Gasteiger charge is -2.31. The zero-order valence-electron chi connectivity index (χ0n) is 9.60. The minimum atomic E-state index is -0.524. The van der Waals surface area contributed by atoms with Crippen LogP contribution in [0, 0.1) is 0 Å². The molecule has 3 rings (SSSR count). The second-order valence-electron chi connectivity index (χ2n) is 4.36. The molecule has 9 heteroatoms. The molecule has 98 valence electrons. The molecular weight excluding hydrogens is 240 g/mol. The average Bonchev–Trinajstić information content (AvgIpc) is 2.99. The number of urea groups is 3. The van der Waals surface area contributed by atoms with Crippen molar-refractivity contribution < 1.29 is 14.4 Å². The molecule has 0 aliphatic carbocycles. The van der Waals surface area contributed by atoms with Gasteiger partial charge in [-0.05, 0) is 0 Å². The van der Waals surface area contributed by atoms with Gasteiger partial charge in [0.05, 0.1) is 0 Å². The summed E-state index contributed by atoms with van der Waals surface area (Å²) >= 11 is 0. The van der Waals surface area contributed by atoms with Crippen LogP contribution >= 0.6 is 0 Å². The molecule has 18 heavy (non-hydrogen) atoms. The summed E-state index contributed by atoms with van der Waals surface area (Å²) in [6.45, 7) is 2.11. The molecule has 0 saturated carbocycles. The molecule has 0 bridgehead atoms. The van der Waals surface area contributed by atoms with Gasteiger partial charge in [0.2, 0.25) is 0 Å². The van der Waals surface area contributed by atoms with Gasteiger partial charge in [-0.1, -0.05) is 0 Å². The van der Waals surface area contributed by atoms with E-state index in [2.05, 4.69) is 21.3 Å². The Balaban J connectivity index is 1.80. The van der Waals surface area contributed by atoms with E-state index in [0.29, 0.717) is 26.2 Å². The smallest absolute Gasteiger partial charge is 0.319 e. The van der Waals surface area contributed by atoms with Crippen molar-refractivity contribution >= 4 is 18.1 Å². The van der Waals surface area contributed by atoms with Gasteiger partial charge in [0.25, 0.3) is 0 Å². The normalized spacial score (nSPS) is 31.2. The highest BCUT2D eigenvalue weighted by Gasteiger charge is 2.45. The zero-order chi connectivity index (χ0) is 12.7. The fourth-order valence-electron chi connectivity index (χ4n) is 2.47. The summed E-state index contributed by atoms with van der Waals surface area (Å²) in [6.07, 6.45) is -1.05. The van der Waals surface area contributed by atoms with Gasteiger partial charge in [-0.25, -0.2) is 14.4 Å². The molecule has 3 aliphatic heterocycles. The summed E-state index contributed by atoms with van der Waals surface area (Å²) in [7, 11) is 0. The second-order valence-corrected chi connectivity index (χ2v) is 4.36. The summed E-state index contributed by atoms with van der Waals surface area (Å²) in [5.74, 6) is 0. The average molecular weight is 254 g/mol. The molecule has 3 heterocycles. The molecule has 3 saturated heterocycles. The van der Waals surface area contributed by atoms with E-state index >= 15 is 0 Å². The predicted octanol–water partition coefficient (Wildman–Crippen LogP) is -2.00. The third kappa shape index (κ3) is 1.59. The summed E-state index contributed by atoms with van der Waals surface area (Å²) in [5.41, 5.74) is 0. The van der Waals surface area contributed by atoms with Crippen molar-refractivity contribution in [3.8, 4) is 0 Å². The van der Waals surface area contributed by atoms with Crippen LogP contribution in [0.3, 0.4) is 0 Å². The molecule has 6 amide bonds. The van der Waals surface area contributed by atoms with E-state index < -0.39 is 12.3 Å². The molecule has 9 nitrogen and oxygen atoms in total. The van der Waals surface area contributed by atoms with E-state index in [4.69, 9.17) is 0 Å². The maximum atomic E-state index is 11.6. The van der Waals surface area contributed by atoms with Gasteiger partial charge < -0.3 is 21.3 Å². The van der Waals surface area contributed by atoms with Gasteiger partial charge in [0, 0.05) is 26.2 Å². The highest BCUT2D eigenvalue weighted by atomic mass is 16.2. The molecule has 0 aromatic carbocycles. The van der Waals surface area contributed by atoms with Crippen molar-refractivity contribution in [2.75, 3.05) is 26.2 Å². The fraction of sp³-hybridized carbons (Fsp3) is 0.667. The molecule has 0 spiro atoms. The molecule has 0 aromatic heterocycles. The maximum Gasteiger partial charge on any atom is 0.319 e. The Kier molecular flexibility index (Phi) is 2.39. The number of nitrogens with zero attached hydrogens (tertiary/aromatic N) is 2. The van der Waals surface area contributed by atoms with Gasteiger partial charge in [0.15, 0.2) is 0 Å². The molecule has 2 unspecified atom stereocenters. The summed E-state index contributed by atoms with van der Waals surface area (Å²) < 4.78 is 0. The van der Waals surface area contributed by atoms with Crippen LogP contribution in [-0.2, 0) is 0 Å². The lowest BCUT2D eigenvalue weighted by molar-refractivity contribution is 0.131. The molecule has 3 aliphatic rings. The van der Waals surface area contributed by atoms with Gasteiger partial charge in [-0.2, -0.15) is 0 Å². The SMILES string of the molecule is O=C1NC(N2CCNC2=O)C(N2CCNC2=O)N1. The summed E-state index contributed by atoms with van der Waals surface area (Å²) in [4.78, 5) is 37.7. The zero-order valence-corrected chi connectivity index (χ0v) is 9.60. The van der Waals surface area contributed by atoms with E-state index in [0.717, 1.165) is 0 Å². The van der Waals surface area contributed by atoms with Crippen LogP contribution in [0.15, 0.2) is 0 Å². The Labute approximate surface area is 103 Å². The second kappa shape index (κ2) is 3.93. The van der Waals surface area contributed by atoms with Gasteiger partial charge >= 0.3 is 18.1 Å². The quantitative estimate of drug-likeness (QED) is 0.458. The first-order chi connectivity index (χ1) is 8.66. The van der Waals surface area contributed by atoms with Gasteiger partial charge in [0.1, 0.15) is 12.3 Å². The Morgan fingerprint density at radius 1 is 0.833 bits per heavy atom. The standard InChI is InChI=1S/C9H14N6O3/c16-7-12-5(14-3-1-10-8(14)17)6(13-7)15-4-2-11-9(15)18/h5-6H,1-4H2,(H,10,17)(H,11,18)(H2,12,13,16). The molecule has 2 atom stereocenters. The third-order valence-electron chi connectivity index (χ3n) is 3.31. The van der Waals surface area contributed by atoms with Crippen LogP contribution < -0.4 is 21.3 Å². The lowest BCUT2D eigenvalue weighted by Crippen LogP contribution is -2.57. The van der Waals surface area contributed by atoms with E-state index in [1.165, 1.54) is 9.80 Å². The van der Waals surface area contributed by atoms with Crippen molar-refractivity contribution in [2.24, 2.45) is 0 Å². The minimum absolute atomic E-state index is 0.228. The largest absolute Gasteiger partial charge is 0.336 e. The Morgan fingerprint density at radius 3 is 1.61 bits per heavy atom. The number of nitrogens with one attached hydrogen (secondary N) is 4. The van der Waals surface area contributed by atoms with Crippen LogP contribution in [0.2, 0.25) is 0 Å². The lowest BCUT2D eigenvalue weighted by atomic mass is 10.3. The molecule has 3 fully saturated rings. The van der Waals surface area contributed by atoms with Gasteiger partial charge in [-0.15, -0.1) is 0 Å². The summed E-state index contributed by atoms with van der Waals surface area (Å²) in [6, 6.07) is -0.827. The van der Waals surface area contributed by atoms with Crippen molar-refractivity contribution in [3.05, 3.63) is 0 Å². The van der Waals surface area contributed by atoms with Crippen LogP contribution in [0.1, 0.15) is 0 Å².